The SMILES string of the molecule is CCCCCCCC(C)C(C)(N(C)C)C(C)(C)C. The Bertz CT molecular complexity index is 214. The molecular formula is C17H37N. The number of hydrogen-bond donors (Lipinski definition) is 0. The van der Waals surface area contributed by atoms with Crippen LogP contribution in [0, 0.1) is 11.3 Å². The van der Waals surface area contributed by atoms with Gasteiger partial charge in [0.2, 0.25) is 0 Å². The molecule has 0 bridgehead atoms. The Balaban J connectivity index is 4.38. The quantitative estimate of drug-likeness (QED) is 0.528. The summed E-state index contributed by atoms with van der Waals surface area (Å²) in [4.78, 5) is 2.43. The van der Waals surface area contributed by atoms with Crippen LogP contribution in [0.2, 0.25) is 0 Å². The third kappa shape index (κ3) is 4.57. The molecule has 0 radical (unpaired) electrons. The Labute approximate surface area is 116 Å². The molecule has 0 fully saturated rings. The van der Waals surface area contributed by atoms with Gasteiger partial charge in [0.15, 0.2) is 0 Å². The highest BCUT2D eigenvalue weighted by molar-refractivity contribution is 4.97. The van der Waals surface area contributed by atoms with Crippen molar-refractivity contribution in [2.75, 3.05) is 14.1 Å². The molecule has 0 saturated heterocycles. The third-order valence-corrected chi connectivity index (χ3v) is 5.15. The summed E-state index contributed by atoms with van der Waals surface area (Å²) in [6.07, 6.45) is 8.31. The molecule has 0 aromatic rings. The van der Waals surface area contributed by atoms with Crippen molar-refractivity contribution in [2.45, 2.75) is 85.6 Å². The Morgan fingerprint density at radius 1 is 0.889 bits per heavy atom. The summed E-state index contributed by atoms with van der Waals surface area (Å²) >= 11 is 0. The van der Waals surface area contributed by atoms with Gasteiger partial charge in [0.05, 0.1) is 0 Å². The number of hydrogen-bond acceptors (Lipinski definition) is 1. The van der Waals surface area contributed by atoms with Crippen LogP contribution in [0.3, 0.4) is 0 Å². The summed E-state index contributed by atoms with van der Waals surface area (Å²) in [5.74, 6) is 0.745. The standard InChI is InChI=1S/C17H37N/c1-9-10-11-12-13-14-15(2)17(6,18(7)8)16(3,4)5/h15H,9-14H2,1-8H3. The highest BCUT2D eigenvalue weighted by Gasteiger charge is 2.43. The zero-order valence-electron chi connectivity index (χ0n) is 14.3. The van der Waals surface area contributed by atoms with Gasteiger partial charge in [-0.15, -0.1) is 0 Å². The minimum atomic E-state index is 0.276. The van der Waals surface area contributed by atoms with E-state index in [1.807, 2.05) is 0 Å². The zero-order valence-corrected chi connectivity index (χ0v) is 14.3. The van der Waals surface area contributed by atoms with E-state index in [1.54, 1.807) is 0 Å². The highest BCUT2D eigenvalue weighted by atomic mass is 15.2. The maximum atomic E-state index is 2.44. The minimum Gasteiger partial charge on any atom is -0.303 e. The van der Waals surface area contributed by atoms with E-state index in [2.05, 4.69) is 60.5 Å². The fourth-order valence-electron chi connectivity index (χ4n) is 3.19. The van der Waals surface area contributed by atoms with Crippen LogP contribution in [0.1, 0.15) is 80.1 Å². The molecular weight excluding hydrogens is 218 g/mol. The first kappa shape index (κ1) is 18.0. The van der Waals surface area contributed by atoms with Crippen LogP contribution in [0.15, 0.2) is 0 Å². The van der Waals surface area contributed by atoms with Crippen molar-refractivity contribution in [1.82, 2.24) is 4.90 Å². The highest BCUT2D eigenvalue weighted by Crippen LogP contribution is 2.41. The van der Waals surface area contributed by atoms with E-state index in [9.17, 15) is 0 Å². The average Bonchev–Trinajstić information content (AvgIpc) is 2.25. The maximum absolute atomic E-state index is 2.44. The average molecular weight is 255 g/mol. The Morgan fingerprint density at radius 3 is 1.78 bits per heavy atom. The Hall–Kier alpha value is -0.0400. The Morgan fingerprint density at radius 2 is 1.39 bits per heavy atom. The van der Waals surface area contributed by atoms with Gasteiger partial charge in [-0.05, 0) is 38.8 Å². The van der Waals surface area contributed by atoms with E-state index in [-0.39, 0.29) is 5.54 Å². The van der Waals surface area contributed by atoms with Crippen LogP contribution in [0.5, 0.6) is 0 Å². The molecule has 0 spiro atoms. The fourth-order valence-corrected chi connectivity index (χ4v) is 3.19. The molecule has 2 unspecified atom stereocenters. The van der Waals surface area contributed by atoms with Crippen molar-refractivity contribution in [3.05, 3.63) is 0 Å². The Kier molecular flexibility index (Phi) is 7.51. The lowest BCUT2D eigenvalue weighted by molar-refractivity contribution is -0.00630. The van der Waals surface area contributed by atoms with Gasteiger partial charge in [-0.25, -0.2) is 0 Å². The second-order valence-corrected chi connectivity index (χ2v) is 7.40. The normalized spacial score (nSPS) is 17.8. The molecule has 0 aliphatic rings. The van der Waals surface area contributed by atoms with E-state index >= 15 is 0 Å². The molecule has 0 N–H and O–H groups in total. The van der Waals surface area contributed by atoms with Crippen LogP contribution in [0.25, 0.3) is 0 Å². The van der Waals surface area contributed by atoms with Crippen molar-refractivity contribution >= 4 is 0 Å². The minimum absolute atomic E-state index is 0.276. The van der Waals surface area contributed by atoms with Crippen molar-refractivity contribution in [2.24, 2.45) is 11.3 Å². The van der Waals surface area contributed by atoms with Gasteiger partial charge in [0.1, 0.15) is 0 Å². The molecule has 0 rings (SSSR count). The fraction of sp³-hybridized carbons (Fsp3) is 1.00. The largest absolute Gasteiger partial charge is 0.303 e. The first-order chi connectivity index (χ1) is 8.17. The second-order valence-electron chi connectivity index (χ2n) is 7.40. The monoisotopic (exact) mass is 255 g/mol. The summed E-state index contributed by atoms with van der Waals surface area (Å²) in [7, 11) is 4.47. The first-order valence-corrected chi connectivity index (χ1v) is 7.85. The molecule has 1 heteroatoms. The van der Waals surface area contributed by atoms with E-state index < -0.39 is 0 Å². The van der Waals surface area contributed by atoms with Crippen molar-refractivity contribution < 1.29 is 0 Å². The topological polar surface area (TPSA) is 3.24 Å². The molecule has 0 aromatic heterocycles. The van der Waals surface area contributed by atoms with E-state index in [4.69, 9.17) is 0 Å². The predicted octanol–water partition coefficient (Wildman–Crippen LogP) is 5.35. The second kappa shape index (κ2) is 7.53. The first-order valence-electron chi connectivity index (χ1n) is 7.85. The smallest absolute Gasteiger partial charge is 0.0249 e. The molecule has 2 atom stereocenters. The van der Waals surface area contributed by atoms with Gasteiger partial charge in [-0.3, -0.25) is 0 Å². The molecule has 110 valence electrons. The number of rotatable bonds is 8. The van der Waals surface area contributed by atoms with Crippen LogP contribution in [0.4, 0.5) is 0 Å². The molecule has 18 heavy (non-hydrogen) atoms. The van der Waals surface area contributed by atoms with E-state index in [1.165, 1.54) is 38.5 Å². The van der Waals surface area contributed by atoms with Gasteiger partial charge in [0, 0.05) is 5.54 Å². The van der Waals surface area contributed by atoms with Gasteiger partial charge in [-0.1, -0.05) is 66.7 Å². The third-order valence-electron chi connectivity index (χ3n) is 5.15. The molecule has 0 aromatic carbocycles. The summed E-state index contributed by atoms with van der Waals surface area (Å²) in [6, 6.07) is 0. The van der Waals surface area contributed by atoms with Gasteiger partial charge < -0.3 is 4.90 Å². The molecule has 0 heterocycles. The molecule has 0 aliphatic carbocycles. The molecule has 0 aliphatic heterocycles. The number of unbranched alkanes of at least 4 members (excludes halogenated alkanes) is 4. The van der Waals surface area contributed by atoms with Crippen molar-refractivity contribution in [3.8, 4) is 0 Å². The lowest BCUT2D eigenvalue weighted by Gasteiger charge is -2.51. The van der Waals surface area contributed by atoms with Gasteiger partial charge >= 0.3 is 0 Å². The summed E-state index contributed by atoms with van der Waals surface area (Å²) < 4.78 is 0. The van der Waals surface area contributed by atoms with Crippen LogP contribution < -0.4 is 0 Å². The molecule has 0 amide bonds. The van der Waals surface area contributed by atoms with Crippen LogP contribution >= 0.6 is 0 Å². The van der Waals surface area contributed by atoms with Crippen molar-refractivity contribution in [3.63, 3.8) is 0 Å². The summed E-state index contributed by atoms with van der Waals surface area (Å²) in [5.41, 5.74) is 0.594. The summed E-state index contributed by atoms with van der Waals surface area (Å²) in [6.45, 7) is 14.3. The maximum Gasteiger partial charge on any atom is 0.0249 e. The predicted molar refractivity (Wildman–Crippen MR) is 84.1 cm³/mol. The van der Waals surface area contributed by atoms with Gasteiger partial charge in [0.25, 0.3) is 0 Å². The summed E-state index contributed by atoms with van der Waals surface area (Å²) in [5, 5.41) is 0. The lowest BCUT2D eigenvalue weighted by atomic mass is 9.66. The number of nitrogens with zero attached hydrogens (tertiary/aromatic N) is 1. The zero-order chi connectivity index (χ0) is 14.4. The van der Waals surface area contributed by atoms with Crippen LogP contribution in [-0.4, -0.2) is 24.5 Å². The lowest BCUT2D eigenvalue weighted by Crippen LogP contribution is -2.56. The van der Waals surface area contributed by atoms with Crippen molar-refractivity contribution in [1.29, 1.82) is 0 Å². The molecule has 0 saturated carbocycles. The van der Waals surface area contributed by atoms with Gasteiger partial charge in [-0.2, -0.15) is 0 Å². The van der Waals surface area contributed by atoms with Crippen LogP contribution in [-0.2, 0) is 0 Å². The van der Waals surface area contributed by atoms with E-state index in [0.717, 1.165) is 5.92 Å². The molecule has 1 nitrogen and oxygen atoms in total. The van der Waals surface area contributed by atoms with E-state index in [0.29, 0.717) is 5.41 Å².